The number of amides is 1. The van der Waals surface area contributed by atoms with Crippen LogP contribution in [0.3, 0.4) is 0 Å². The predicted molar refractivity (Wildman–Crippen MR) is 77.6 cm³/mol. The summed E-state index contributed by atoms with van der Waals surface area (Å²) in [6.07, 6.45) is 0.638. The molecule has 6 heteroatoms. The number of methoxy groups -OCH3 is 1. The van der Waals surface area contributed by atoms with Gasteiger partial charge >= 0.3 is 0 Å². The second kappa shape index (κ2) is 6.76. The van der Waals surface area contributed by atoms with Gasteiger partial charge in [0.25, 0.3) is 5.91 Å². The summed E-state index contributed by atoms with van der Waals surface area (Å²) < 4.78 is 5.11. The summed E-state index contributed by atoms with van der Waals surface area (Å²) in [5.74, 6) is 1.70. The number of thioether (sulfide) groups is 1. The van der Waals surface area contributed by atoms with E-state index < -0.39 is 0 Å². The maximum Gasteiger partial charge on any atom is 0.255 e. The van der Waals surface area contributed by atoms with Gasteiger partial charge in [0.05, 0.1) is 30.9 Å². The number of rotatable bonds is 4. The zero-order valence-corrected chi connectivity index (χ0v) is 12.1. The van der Waals surface area contributed by atoms with E-state index >= 15 is 0 Å². The molecule has 1 aromatic carbocycles. The molecule has 1 aliphatic rings. The van der Waals surface area contributed by atoms with Gasteiger partial charge in [-0.1, -0.05) is 6.07 Å². The van der Waals surface area contributed by atoms with E-state index in [9.17, 15) is 14.7 Å². The van der Waals surface area contributed by atoms with Gasteiger partial charge in [-0.05, 0) is 12.1 Å². The van der Waals surface area contributed by atoms with Gasteiger partial charge in [-0.3, -0.25) is 9.59 Å². The average Bonchev–Trinajstić information content (AvgIpc) is 2.53. The first-order chi connectivity index (χ1) is 9.72. The third-order valence-electron chi connectivity index (χ3n) is 3.33. The van der Waals surface area contributed by atoms with Crippen LogP contribution >= 0.6 is 11.8 Å². The molecule has 0 spiro atoms. The number of ether oxygens (including phenoxy) is 1. The van der Waals surface area contributed by atoms with Crippen LogP contribution in [0.25, 0.3) is 0 Å². The molecule has 0 aromatic heterocycles. The molecule has 1 heterocycles. The Balaban J connectivity index is 2.35. The van der Waals surface area contributed by atoms with E-state index in [0.29, 0.717) is 29.9 Å². The molecular formula is C14H17NO4S. The van der Waals surface area contributed by atoms with Crippen molar-refractivity contribution in [3.05, 3.63) is 29.3 Å². The summed E-state index contributed by atoms with van der Waals surface area (Å²) in [5, 5.41) is 9.38. The zero-order valence-electron chi connectivity index (χ0n) is 11.2. The first kappa shape index (κ1) is 14.9. The van der Waals surface area contributed by atoms with Gasteiger partial charge in [-0.15, -0.1) is 0 Å². The van der Waals surface area contributed by atoms with Gasteiger partial charge in [0.2, 0.25) is 0 Å². The molecule has 108 valence electrons. The molecule has 1 amide bonds. The molecule has 1 unspecified atom stereocenters. The van der Waals surface area contributed by atoms with Crippen LogP contribution in [0.4, 0.5) is 0 Å². The quantitative estimate of drug-likeness (QED) is 0.841. The molecule has 0 aliphatic carbocycles. The van der Waals surface area contributed by atoms with Gasteiger partial charge in [0.1, 0.15) is 5.75 Å². The lowest BCUT2D eigenvalue weighted by molar-refractivity contribution is 0.0629. The summed E-state index contributed by atoms with van der Waals surface area (Å²) in [6.45, 7) is 0.503. The Kier molecular flexibility index (Phi) is 5.03. The molecule has 1 N–H and O–H groups in total. The van der Waals surface area contributed by atoms with Crippen molar-refractivity contribution in [1.82, 2.24) is 4.90 Å². The van der Waals surface area contributed by atoms with E-state index in [-0.39, 0.29) is 24.1 Å². The molecule has 1 aliphatic heterocycles. The molecule has 0 radical (unpaired) electrons. The zero-order chi connectivity index (χ0) is 14.5. The summed E-state index contributed by atoms with van der Waals surface area (Å²) in [6, 6.07) is 4.75. The number of aldehydes is 1. The number of hydrogen-bond acceptors (Lipinski definition) is 5. The van der Waals surface area contributed by atoms with Crippen LogP contribution in [0, 0.1) is 0 Å². The van der Waals surface area contributed by atoms with Crippen LogP contribution < -0.4 is 4.74 Å². The highest BCUT2D eigenvalue weighted by Gasteiger charge is 2.29. The first-order valence-electron chi connectivity index (χ1n) is 6.34. The standard InChI is InChI=1S/C14H17NO4S/c1-19-13-4-2-3-11(12(13)8-17)14(18)15-5-6-20-9-10(15)7-16/h2-4,8,10,16H,5-7,9H2,1H3. The van der Waals surface area contributed by atoms with E-state index in [0.717, 1.165) is 5.75 Å². The first-order valence-corrected chi connectivity index (χ1v) is 7.50. The minimum Gasteiger partial charge on any atom is -0.496 e. The minimum absolute atomic E-state index is 0.0703. The largest absolute Gasteiger partial charge is 0.496 e. The van der Waals surface area contributed by atoms with E-state index in [1.54, 1.807) is 34.9 Å². The SMILES string of the molecule is COc1cccc(C(=O)N2CCSCC2CO)c1C=O. The number of aliphatic hydroxyl groups excluding tert-OH is 1. The van der Waals surface area contributed by atoms with Crippen LogP contribution in [-0.4, -0.2) is 60.0 Å². The van der Waals surface area contributed by atoms with E-state index in [2.05, 4.69) is 0 Å². The van der Waals surface area contributed by atoms with Crippen molar-refractivity contribution < 1.29 is 19.4 Å². The van der Waals surface area contributed by atoms with E-state index in [4.69, 9.17) is 4.74 Å². The lowest BCUT2D eigenvalue weighted by Crippen LogP contribution is -2.48. The second-order valence-electron chi connectivity index (χ2n) is 4.45. The third-order valence-corrected chi connectivity index (χ3v) is 4.43. The van der Waals surface area contributed by atoms with Crippen molar-refractivity contribution in [2.45, 2.75) is 6.04 Å². The van der Waals surface area contributed by atoms with Crippen LogP contribution in [0.15, 0.2) is 18.2 Å². The van der Waals surface area contributed by atoms with Gasteiger partial charge < -0.3 is 14.7 Å². The lowest BCUT2D eigenvalue weighted by atomic mass is 10.1. The Labute approximate surface area is 121 Å². The fourth-order valence-electron chi connectivity index (χ4n) is 2.26. The van der Waals surface area contributed by atoms with Gasteiger partial charge in [-0.25, -0.2) is 0 Å². The highest BCUT2D eigenvalue weighted by molar-refractivity contribution is 7.99. The third kappa shape index (κ3) is 2.81. The van der Waals surface area contributed by atoms with Crippen LogP contribution in [0.5, 0.6) is 5.75 Å². The number of carbonyl (C=O) groups is 2. The molecule has 0 bridgehead atoms. The molecular weight excluding hydrogens is 278 g/mol. The van der Waals surface area contributed by atoms with Gasteiger partial charge in [0, 0.05) is 18.1 Å². The number of aliphatic hydroxyl groups is 1. The second-order valence-corrected chi connectivity index (χ2v) is 5.60. The fraction of sp³-hybridized carbons (Fsp3) is 0.429. The van der Waals surface area contributed by atoms with Crippen molar-refractivity contribution >= 4 is 24.0 Å². The molecule has 2 rings (SSSR count). The highest BCUT2D eigenvalue weighted by atomic mass is 32.2. The molecule has 1 aromatic rings. The van der Waals surface area contributed by atoms with E-state index in [1.807, 2.05) is 0 Å². The molecule has 1 atom stereocenters. The number of benzene rings is 1. The lowest BCUT2D eigenvalue weighted by Gasteiger charge is -2.34. The normalized spacial score (nSPS) is 18.7. The summed E-state index contributed by atoms with van der Waals surface area (Å²) in [4.78, 5) is 25.5. The number of hydrogen-bond donors (Lipinski definition) is 1. The minimum atomic E-state index is -0.231. The van der Waals surface area contributed by atoms with Crippen LogP contribution in [-0.2, 0) is 0 Å². The molecule has 20 heavy (non-hydrogen) atoms. The van der Waals surface area contributed by atoms with Crippen molar-refractivity contribution in [2.24, 2.45) is 0 Å². The smallest absolute Gasteiger partial charge is 0.255 e. The van der Waals surface area contributed by atoms with E-state index in [1.165, 1.54) is 7.11 Å². The van der Waals surface area contributed by atoms with Gasteiger partial charge in [-0.2, -0.15) is 11.8 Å². The summed E-state index contributed by atoms with van der Waals surface area (Å²) in [7, 11) is 1.46. The highest BCUT2D eigenvalue weighted by Crippen LogP contribution is 2.24. The Morgan fingerprint density at radius 1 is 1.60 bits per heavy atom. The monoisotopic (exact) mass is 295 g/mol. The van der Waals surface area contributed by atoms with Crippen LogP contribution in [0.2, 0.25) is 0 Å². The van der Waals surface area contributed by atoms with Gasteiger partial charge in [0.15, 0.2) is 6.29 Å². The van der Waals surface area contributed by atoms with Crippen molar-refractivity contribution in [3.8, 4) is 5.75 Å². The average molecular weight is 295 g/mol. The maximum atomic E-state index is 12.6. The predicted octanol–water partition coefficient (Wildman–Crippen LogP) is 1.06. The maximum absolute atomic E-state index is 12.6. The van der Waals surface area contributed by atoms with Crippen molar-refractivity contribution in [1.29, 1.82) is 0 Å². The summed E-state index contributed by atoms with van der Waals surface area (Å²) >= 11 is 1.71. The Bertz CT molecular complexity index is 506. The Morgan fingerprint density at radius 2 is 2.40 bits per heavy atom. The molecule has 0 saturated carbocycles. The van der Waals surface area contributed by atoms with Crippen LogP contribution in [0.1, 0.15) is 20.7 Å². The van der Waals surface area contributed by atoms with Crippen molar-refractivity contribution in [3.63, 3.8) is 0 Å². The summed E-state index contributed by atoms with van der Waals surface area (Å²) in [5.41, 5.74) is 0.583. The molecule has 5 nitrogen and oxygen atoms in total. The Hall–Kier alpha value is -1.53. The number of carbonyl (C=O) groups excluding carboxylic acids is 2. The molecule has 1 saturated heterocycles. The number of nitrogens with zero attached hydrogens (tertiary/aromatic N) is 1. The topological polar surface area (TPSA) is 66.8 Å². The molecule has 1 fully saturated rings. The fourth-order valence-corrected chi connectivity index (χ4v) is 3.31. The van der Waals surface area contributed by atoms with Crippen molar-refractivity contribution in [2.75, 3.05) is 31.8 Å². The Morgan fingerprint density at radius 3 is 3.05 bits per heavy atom.